The zero-order valence-electron chi connectivity index (χ0n) is 16.8. The van der Waals surface area contributed by atoms with Crippen LogP contribution >= 0.6 is 11.3 Å². The van der Waals surface area contributed by atoms with Gasteiger partial charge in [-0.1, -0.05) is 6.07 Å². The number of nitrogens with zero attached hydrogens (tertiary/aromatic N) is 3. The first-order valence-corrected chi connectivity index (χ1v) is 12.3. The number of hydrogen-bond acceptors (Lipinski definition) is 6. The van der Waals surface area contributed by atoms with Crippen LogP contribution < -0.4 is 5.32 Å². The number of benzene rings is 1. The average molecular weight is 445 g/mol. The van der Waals surface area contributed by atoms with Crippen molar-refractivity contribution >= 4 is 32.3 Å². The summed E-state index contributed by atoms with van der Waals surface area (Å²) >= 11 is 1.46. The highest BCUT2D eigenvalue weighted by molar-refractivity contribution is 7.89. The lowest BCUT2D eigenvalue weighted by molar-refractivity contribution is 0.102. The van der Waals surface area contributed by atoms with Crippen LogP contribution in [0.15, 0.2) is 29.2 Å². The maximum absolute atomic E-state index is 13.0. The van der Waals surface area contributed by atoms with Gasteiger partial charge in [-0.3, -0.25) is 4.79 Å². The third kappa shape index (κ3) is 4.01. The molecule has 1 aromatic carbocycles. The summed E-state index contributed by atoms with van der Waals surface area (Å²) in [7, 11) is -1.69. The van der Waals surface area contributed by atoms with Crippen molar-refractivity contribution in [2.75, 3.05) is 38.5 Å². The van der Waals surface area contributed by atoms with Gasteiger partial charge in [-0.2, -0.15) is 9.57 Å². The monoisotopic (exact) mass is 444 g/mol. The van der Waals surface area contributed by atoms with Crippen LogP contribution in [-0.4, -0.2) is 56.8 Å². The fourth-order valence-corrected chi connectivity index (χ4v) is 6.63. The Morgan fingerprint density at radius 1 is 1.17 bits per heavy atom. The van der Waals surface area contributed by atoms with Crippen molar-refractivity contribution < 1.29 is 13.2 Å². The van der Waals surface area contributed by atoms with E-state index in [1.165, 1.54) is 32.7 Å². The van der Waals surface area contributed by atoms with Crippen LogP contribution in [0.25, 0.3) is 0 Å². The molecule has 2 aromatic rings. The summed E-state index contributed by atoms with van der Waals surface area (Å²) in [6.07, 6.45) is 3.95. The summed E-state index contributed by atoms with van der Waals surface area (Å²) in [5, 5.41) is 13.0. The van der Waals surface area contributed by atoms with Gasteiger partial charge in [0.15, 0.2) is 0 Å². The largest absolute Gasteiger partial charge is 0.312 e. The Hall–Kier alpha value is -2.25. The van der Waals surface area contributed by atoms with Crippen molar-refractivity contribution in [1.82, 2.24) is 9.21 Å². The van der Waals surface area contributed by atoms with Crippen molar-refractivity contribution in [2.24, 2.45) is 0 Å². The molecule has 0 saturated carbocycles. The molecule has 4 rings (SSSR count). The molecule has 0 radical (unpaired) electrons. The van der Waals surface area contributed by atoms with E-state index < -0.39 is 15.9 Å². The van der Waals surface area contributed by atoms with Gasteiger partial charge in [0.1, 0.15) is 11.1 Å². The fraction of sp³-hybridized carbons (Fsp3) is 0.429. The molecule has 1 aromatic heterocycles. The molecule has 0 atom stereocenters. The highest BCUT2D eigenvalue weighted by Crippen LogP contribution is 2.37. The Kier molecular flexibility index (Phi) is 5.93. The van der Waals surface area contributed by atoms with Crippen molar-refractivity contribution in [3.63, 3.8) is 0 Å². The second-order valence-electron chi connectivity index (χ2n) is 7.72. The van der Waals surface area contributed by atoms with Crippen LogP contribution in [0.3, 0.4) is 0 Å². The Bertz CT molecular complexity index is 1110. The maximum Gasteiger partial charge on any atom is 0.256 e. The van der Waals surface area contributed by atoms with Crippen molar-refractivity contribution in [3.05, 3.63) is 45.8 Å². The predicted octanol–water partition coefficient (Wildman–Crippen LogP) is 2.69. The number of carbonyl (C=O) groups is 1. The Morgan fingerprint density at radius 2 is 1.90 bits per heavy atom. The minimum absolute atomic E-state index is 0.116. The molecule has 0 unspecified atom stereocenters. The van der Waals surface area contributed by atoms with Gasteiger partial charge in [-0.25, -0.2) is 8.42 Å². The molecule has 1 fully saturated rings. The number of rotatable bonds is 4. The third-order valence-electron chi connectivity index (χ3n) is 5.71. The van der Waals surface area contributed by atoms with Crippen LogP contribution in [0.5, 0.6) is 0 Å². The number of carbonyl (C=O) groups excluding carboxylic acids is 1. The van der Waals surface area contributed by atoms with Crippen molar-refractivity contribution in [1.29, 1.82) is 5.26 Å². The van der Waals surface area contributed by atoms with Gasteiger partial charge >= 0.3 is 0 Å². The highest BCUT2D eigenvalue weighted by atomic mass is 32.2. The summed E-state index contributed by atoms with van der Waals surface area (Å²) in [6.45, 7) is 2.22. The van der Waals surface area contributed by atoms with E-state index in [4.69, 9.17) is 0 Å². The molecule has 1 aliphatic heterocycles. The SMILES string of the molecule is CN1CCN(S(=O)(=O)c2cccc(C(=O)Nc3sc4c(c3C#N)CCCC4)c2)CC1. The molecule has 9 heteroatoms. The van der Waals surface area contributed by atoms with E-state index >= 15 is 0 Å². The topological polar surface area (TPSA) is 93.5 Å². The number of hydrogen-bond donors (Lipinski definition) is 1. The van der Waals surface area contributed by atoms with E-state index in [1.54, 1.807) is 12.1 Å². The molecule has 1 aliphatic carbocycles. The molecule has 1 N–H and O–H groups in total. The fourth-order valence-electron chi connectivity index (χ4n) is 3.92. The molecule has 2 aliphatic rings. The summed E-state index contributed by atoms with van der Waals surface area (Å²) < 4.78 is 27.5. The summed E-state index contributed by atoms with van der Waals surface area (Å²) in [6, 6.07) is 8.35. The Morgan fingerprint density at radius 3 is 2.63 bits per heavy atom. The number of fused-ring (bicyclic) bond motifs is 1. The molecule has 7 nitrogen and oxygen atoms in total. The number of amides is 1. The standard InChI is InChI=1S/C21H24N4O3S2/c1-24-9-11-25(12-10-24)30(27,28)16-6-4-5-15(13-16)20(26)23-21-18(14-22)17-7-2-3-8-19(17)29-21/h4-6,13H,2-3,7-12H2,1H3,(H,23,26). The number of nitriles is 1. The van der Waals surface area contributed by atoms with Gasteiger partial charge in [0.05, 0.1) is 10.5 Å². The molecular formula is C21H24N4O3S2. The number of piperazine rings is 1. The third-order valence-corrected chi connectivity index (χ3v) is 8.81. The molecule has 0 spiro atoms. The predicted molar refractivity (Wildman–Crippen MR) is 116 cm³/mol. The number of sulfonamides is 1. The van der Waals surface area contributed by atoms with E-state index in [1.807, 2.05) is 7.05 Å². The van der Waals surface area contributed by atoms with E-state index in [9.17, 15) is 18.5 Å². The lowest BCUT2D eigenvalue weighted by atomic mass is 9.96. The van der Waals surface area contributed by atoms with E-state index in [2.05, 4.69) is 16.3 Å². The average Bonchev–Trinajstić information content (AvgIpc) is 3.11. The van der Waals surface area contributed by atoms with Crippen LogP contribution in [0.2, 0.25) is 0 Å². The number of anilines is 1. The van der Waals surface area contributed by atoms with Crippen LogP contribution in [0, 0.1) is 11.3 Å². The van der Waals surface area contributed by atoms with Crippen LogP contribution in [0.4, 0.5) is 5.00 Å². The molecule has 1 amide bonds. The summed E-state index contributed by atoms with van der Waals surface area (Å²) in [4.78, 5) is 16.2. The maximum atomic E-state index is 13.0. The normalized spacial score (nSPS) is 17.9. The smallest absolute Gasteiger partial charge is 0.256 e. The zero-order valence-corrected chi connectivity index (χ0v) is 18.5. The lowest BCUT2D eigenvalue weighted by Gasteiger charge is -2.31. The number of nitrogens with one attached hydrogen (secondary N) is 1. The van der Waals surface area contributed by atoms with Crippen molar-refractivity contribution in [3.8, 4) is 6.07 Å². The summed E-state index contributed by atoms with van der Waals surface area (Å²) in [5.74, 6) is -0.402. The van der Waals surface area contributed by atoms with Crippen LogP contribution in [-0.2, 0) is 22.9 Å². The summed E-state index contributed by atoms with van der Waals surface area (Å²) in [5.41, 5.74) is 1.86. The van der Waals surface area contributed by atoms with Gasteiger partial charge in [-0.05, 0) is 56.5 Å². The van der Waals surface area contributed by atoms with E-state index in [0.717, 1.165) is 31.2 Å². The zero-order chi connectivity index (χ0) is 21.3. The molecule has 1 saturated heterocycles. The Balaban J connectivity index is 1.57. The van der Waals surface area contributed by atoms with Gasteiger partial charge in [-0.15, -0.1) is 11.3 Å². The second kappa shape index (κ2) is 8.47. The highest BCUT2D eigenvalue weighted by Gasteiger charge is 2.28. The molecule has 158 valence electrons. The van der Waals surface area contributed by atoms with Gasteiger partial charge in [0.2, 0.25) is 10.0 Å². The minimum Gasteiger partial charge on any atom is -0.312 e. The van der Waals surface area contributed by atoms with Crippen molar-refractivity contribution in [2.45, 2.75) is 30.6 Å². The number of likely N-dealkylation sites (N-methyl/N-ethyl adjacent to an activating group) is 1. The quantitative estimate of drug-likeness (QED) is 0.783. The first kappa shape index (κ1) is 21.0. The Labute approximate surface area is 181 Å². The molecule has 0 bridgehead atoms. The first-order chi connectivity index (χ1) is 14.4. The molecule has 2 heterocycles. The van der Waals surface area contributed by atoms with E-state index in [0.29, 0.717) is 36.7 Å². The van der Waals surface area contributed by atoms with Gasteiger partial charge < -0.3 is 10.2 Å². The first-order valence-electron chi connectivity index (χ1n) is 10.0. The molecular weight excluding hydrogens is 420 g/mol. The number of aryl methyl sites for hydroxylation is 1. The lowest BCUT2D eigenvalue weighted by Crippen LogP contribution is -2.47. The number of thiophene rings is 1. The van der Waals surface area contributed by atoms with Gasteiger partial charge in [0.25, 0.3) is 5.91 Å². The molecule has 30 heavy (non-hydrogen) atoms. The second-order valence-corrected chi connectivity index (χ2v) is 10.8. The van der Waals surface area contributed by atoms with Gasteiger partial charge in [0, 0.05) is 36.6 Å². The van der Waals surface area contributed by atoms with Crippen LogP contribution in [0.1, 0.15) is 39.2 Å². The minimum atomic E-state index is -3.65. The van der Waals surface area contributed by atoms with E-state index in [-0.39, 0.29) is 10.5 Å².